The van der Waals surface area contributed by atoms with E-state index in [4.69, 9.17) is 28.6 Å². The Morgan fingerprint density at radius 1 is 1.05 bits per heavy atom. The van der Waals surface area contributed by atoms with Gasteiger partial charge >= 0.3 is 6.18 Å². The number of hydrogen-bond donors (Lipinski definition) is 3. The quantitative estimate of drug-likeness (QED) is 0.159. The first-order chi connectivity index (χ1) is 27.0. The topological polar surface area (TPSA) is 150 Å². The van der Waals surface area contributed by atoms with Crippen LogP contribution in [-0.2, 0) is 25.4 Å². The van der Waals surface area contributed by atoms with Gasteiger partial charge in [-0.2, -0.15) is 18.4 Å². The molecule has 2 atom stereocenters. The molecule has 6 rings (SSSR count). The summed E-state index contributed by atoms with van der Waals surface area (Å²) in [6.45, 7) is 8.69. The van der Waals surface area contributed by atoms with Gasteiger partial charge in [-0.15, -0.1) is 12.4 Å². The van der Waals surface area contributed by atoms with Gasteiger partial charge in [0.05, 0.1) is 33.9 Å². The molecular formula is C39H41Cl2F3N8O5S. The number of amides is 4. The molecule has 0 radical (unpaired) electrons. The van der Waals surface area contributed by atoms with Crippen molar-refractivity contribution in [3.63, 3.8) is 0 Å². The van der Waals surface area contributed by atoms with Crippen LogP contribution in [-0.4, -0.2) is 95.5 Å². The summed E-state index contributed by atoms with van der Waals surface area (Å²) in [4.78, 5) is 57.2. The number of benzene rings is 3. The Morgan fingerprint density at radius 2 is 1.74 bits per heavy atom. The first-order valence-electron chi connectivity index (χ1n) is 18.2. The van der Waals surface area contributed by atoms with E-state index in [0.29, 0.717) is 68.6 Å². The van der Waals surface area contributed by atoms with Crippen LogP contribution in [0, 0.1) is 11.3 Å². The SMILES string of the molecule is C[C@H](C(=O)Nc1cccc(NC2CCC(=O)NC2=O)c1)N1CCN(CCOc2ccc(N3C(=S)N(c4ccc(C#N)c(C(F)(F)F)c4)C(=O)C3(C)C)cc2Cl)CC1.Cl. The molecule has 0 aliphatic carbocycles. The Bertz CT molecular complexity index is 2140. The lowest BCUT2D eigenvalue weighted by Gasteiger charge is -2.37. The van der Waals surface area contributed by atoms with Gasteiger partial charge in [0, 0.05) is 56.2 Å². The van der Waals surface area contributed by atoms with Gasteiger partial charge in [0.15, 0.2) is 5.11 Å². The van der Waals surface area contributed by atoms with E-state index in [2.05, 4.69) is 25.8 Å². The Hall–Kier alpha value is -4.99. The number of hydrogen-bond acceptors (Lipinski definition) is 10. The van der Waals surface area contributed by atoms with Crippen molar-refractivity contribution in [2.45, 2.75) is 57.4 Å². The van der Waals surface area contributed by atoms with E-state index in [0.717, 1.165) is 17.0 Å². The number of piperidine rings is 1. The maximum absolute atomic E-state index is 13.7. The van der Waals surface area contributed by atoms with Crippen molar-refractivity contribution < 1.29 is 37.1 Å². The average molecular weight is 862 g/mol. The summed E-state index contributed by atoms with van der Waals surface area (Å²) in [6.07, 6.45) is -4.17. The molecule has 13 nitrogen and oxygen atoms in total. The molecule has 3 heterocycles. The fourth-order valence-corrected chi connectivity index (χ4v) is 7.75. The van der Waals surface area contributed by atoms with E-state index in [1.807, 2.05) is 6.92 Å². The Kier molecular flexibility index (Phi) is 13.6. The Balaban J connectivity index is 0.00000641. The second-order valence-corrected chi connectivity index (χ2v) is 15.2. The molecule has 3 aliphatic rings. The summed E-state index contributed by atoms with van der Waals surface area (Å²) in [5, 5.41) is 17.8. The van der Waals surface area contributed by atoms with Crippen molar-refractivity contribution >= 4 is 87.7 Å². The van der Waals surface area contributed by atoms with E-state index in [9.17, 15) is 37.6 Å². The molecular weight excluding hydrogens is 820 g/mol. The van der Waals surface area contributed by atoms with Gasteiger partial charge in [0.25, 0.3) is 5.91 Å². The molecule has 3 N–H and O–H groups in total. The number of nitrogens with zero attached hydrogens (tertiary/aromatic N) is 5. The monoisotopic (exact) mass is 860 g/mol. The van der Waals surface area contributed by atoms with Gasteiger partial charge in [0.1, 0.15) is 23.9 Å². The van der Waals surface area contributed by atoms with Crippen LogP contribution in [0.1, 0.15) is 44.7 Å². The Morgan fingerprint density at radius 3 is 2.40 bits per heavy atom. The van der Waals surface area contributed by atoms with E-state index < -0.39 is 40.8 Å². The average Bonchev–Trinajstić information content (AvgIpc) is 3.34. The number of carbonyl (C=O) groups excluding carboxylic acids is 4. The number of alkyl halides is 3. The second-order valence-electron chi connectivity index (χ2n) is 14.4. The molecule has 58 heavy (non-hydrogen) atoms. The Labute approximate surface area is 349 Å². The standard InChI is InChI=1S/C39H40ClF3N8O5S.ClH/c1-23(34(53)46-26-6-4-5-25(19-26)45-31-10-12-33(52)47-35(31)54)49-15-13-48(14-16-49)17-18-56-32-11-9-28(21-30(32)40)51-37(57)50(36(55)38(51,2)3)27-8-7-24(22-44)29(20-27)39(41,42)43;/h4-9,11,19-21,23,31,45H,10,12-18H2,1-3H3,(H,46,53)(H,47,52,54);1H/t23-,31?;/m1./s1. The second kappa shape index (κ2) is 17.9. The lowest BCUT2D eigenvalue weighted by atomic mass is 10.0. The van der Waals surface area contributed by atoms with Crippen molar-refractivity contribution in [3.8, 4) is 11.8 Å². The van der Waals surface area contributed by atoms with Crippen molar-refractivity contribution in [2.75, 3.05) is 59.8 Å². The highest BCUT2D eigenvalue weighted by molar-refractivity contribution is 7.81. The minimum absolute atomic E-state index is 0. The first kappa shape index (κ1) is 44.1. The van der Waals surface area contributed by atoms with E-state index >= 15 is 0 Å². The fourth-order valence-electron chi connectivity index (χ4n) is 7.00. The molecule has 3 aliphatic heterocycles. The van der Waals surface area contributed by atoms with Crippen LogP contribution in [0.15, 0.2) is 60.7 Å². The number of thiocarbonyl (C=S) groups is 1. The minimum atomic E-state index is -4.81. The summed E-state index contributed by atoms with van der Waals surface area (Å²) in [5.41, 5.74) is -1.45. The molecule has 0 aromatic heterocycles. The summed E-state index contributed by atoms with van der Waals surface area (Å²) >= 11 is 12.3. The zero-order chi connectivity index (χ0) is 41.2. The molecule has 308 valence electrons. The smallest absolute Gasteiger partial charge is 0.417 e. The number of carbonyl (C=O) groups is 4. The van der Waals surface area contributed by atoms with Crippen molar-refractivity contribution in [1.29, 1.82) is 5.26 Å². The molecule has 0 bridgehead atoms. The highest BCUT2D eigenvalue weighted by Gasteiger charge is 2.51. The third-order valence-corrected chi connectivity index (χ3v) is 10.9. The van der Waals surface area contributed by atoms with Gasteiger partial charge in [-0.05, 0) is 94.0 Å². The number of rotatable bonds is 11. The third-order valence-electron chi connectivity index (χ3n) is 10.2. The van der Waals surface area contributed by atoms with E-state index in [1.54, 1.807) is 56.3 Å². The normalized spacial score (nSPS) is 19.2. The predicted molar refractivity (Wildman–Crippen MR) is 219 cm³/mol. The number of piperazine rings is 1. The van der Waals surface area contributed by atoms with Crippen molar-refractivity contribution in [1.82, 2.24) is 15.1 Å². The molecule has 1 unspecified atom stereocenters. The zero-order valence-corrected chi connectivity index (χ0v) is 34.1. The van der Waals surface area contributed by atoms with Crippen molar-refractivity contribution in [3.05, 3.63) is 76.8 Å². The summed E-state index contributed by atoms with van der Waals surface area (Å²) < 4.78 is 47.2. The molecule has 3 aromatic carbocycles. The highest BCUT2D eigenvalue weighted by atomic mass is 35.5. The lowest BCUT2D eigenvalue weighted by Crippen LogP contribution is -2.53. The number of ether oxygens (including phenoxy) is 1. The summed E-state index contributed by atoms with van der Waals surface area (Å²) in [5.74, 6) is -0.985. The maximum atomic E-state index is 13.7. The molecule has 0 saturated carbocycles. The van der Waals surface area contributed by atoms with Gasteiger partial charge < -0.3 is 20.3 Å². The molecule has 0 spiro atoms. The van der Waals surface area contributed by atoms with Crippen LogP contribution in [0.4, 0.5) is 35.9 Å². The maximum Gasteiger partial charge on any atom is 0.417 e. The van der Waals surface area contributed by atoms with E-state index in [-0.39, 0.29) is 52.4 Å². The molecule has 4 amide bonds. The highest BCUT2D eigenvalue weighted by Crippen LogP contribution is 2.41. The van der Waals surface area contributed by atoms with Crippen LogP contribution in [0.3, 0.4) is 0 Å². The van der Waals surface area contributed by atoms with Crippen LogP contribution in [0.2, 0.25) is 5.02 Å². The number of nitriles is 1. The summed E-state index contributed by atoms with van der Waals surface area (Å²) in [6, 6.07) is 15.6. The largest absolute Gasteiger partial charge is 0.491 e. The first-order valence-corrected chi connectivity index (χ1v) is 19.0. The zero-order valence-electron chi connectivity index (χ0n) is 31.7. The number of halogens is 5. The van der Waals surface area contributed by atoms with Crippen molar-refractivity contribution in [2.24, 2.45) is 0 Å². The predicted octanol–water partition coefficient (Wildman–Crippen LogP) is 5.81. The number of nitrogens with one attached hydrogen (secondary N) is 3. The fraction of sp³-hybridized carbons (Fsp3) is 0.385. The van der Waals surface area contributed by atoms with Crippen LogP contribution in [0.25, 0.3) is 0 Å². The minimum Gasteiger partial charge on any atom is -0.491 e. The number of imide groups is 1. The van der Waals surface area contributed by atoms with E-state index in [1.165, 1.54) is 17.0 Å². The van der Waals surface area contributed by atoms with Gasteiger partial charge in [-0.25, -0.2) is 0 Å². The van der Waals surface area contributed by atoms with Gasteiger partial charge in [-0.1, -0.05) is 17.7 Å². The molecule has 3 aromatic rings. The van der Waals surface area contributed by atoms with Crippen LogP contribution >= 0.6 is 36.2 Å². The van der Waals surface area contributed by atoms with Gasteiger partial charge in [-0.3, -0.25) is 39.2 Å². The molecule has 3 saturated heterocycles. The molecule has 3 fully saturated rings. The van der Waals surface area contributed by atoms with Gasteiger partial charge in [0.2, 0.25) is 17.7 Å². The number of anilines is 4. The molecule has 19 heteroatoms. The van der Waals surface area contributed by atoms with Crippen LogP contribution < -0.4 is 30.5 Å². The summed E-state index contributed by atoms with van der Waals surface area (Å²) in [7, 11) is 0. The van der Waals surface area contributed by atoms with Crippen LogP contribution in [0.5, 0.6) is 5.75 Å². The lowest BCUT2D eigenvalue weighted by molar-refractivity contribution is -0.138. The third kappa shape index (κ3) is 9.48.